The molecule has 0 aliphatic carbocycles. The highest BCUT2D eigenvalue weighted by molar-refractivity contribution is 7.11. The molecule has 0 fully saturated rings. The molecule has 0 aliphatic heterocycles. The highest BCUT2D eigenvalue weighted by Crippen LogP contribution is 2.22. The summed E-state index contributed by atoms with van der Waals surface area (Å²) in [4.78, 5) is 14.1. The van der Waals surface area contributed by atoms with Gasteiger partial charge in [0.15, 0.2) is 0 Å². The van der Waals surface area contributed by atoms with Gasteiger partial charge in [0, 0.05) is 15.8 Å². The van der Waals surface area contributed by atoms with Gasteiger partial charge >= 0.3 is 0 Å². The highest BCUT2D eigenvalue weighted by Gasteiger charge is 2.11. The van der Waals surface area contributed by atoms with E-state index in [9.17, 15) is 9.90 Å². The average molecular weight is 263 g/mol. The Kier molecular flexibility index (Phi) is 3.53. The normalized spacial score (nSPS) is 10.3. The van der Waals surface area contributed by atoms with Gasteiger partial charge in [-0.3, -0.25) is 4.79 Å². The van der Waals surface area contributed by atoms with Crippen LogP contribution in [-0.4, -0.2) is 16.1 Å². The Hall–Kier alpha value is -2.01. The quantitative estimate of drug-likeness (QED) is 0.796. The van der Waals surface area contributed by atoms with E-state index in [-0.39, 0.29) is 23.0 Å². The number of phenols is 2. The van der Waals surface area contributed by atoms with Crippen LogP contribution in [0.5, 0.6) is 11.5 Å². The van der Waals surface area contributed by atoms with Crippen LogP contribution in [0.1, 0.15) is 20.1 Å². The van der Waals surface area contributed by atoms with Gasteiger partial charge in [0.25, 0.3) is 5.91 Å². The minimum Gasteiger partial charge on any atom is -0.508 e. The second kappa shape index (κ2) is 5.10. The van der Waals surface area contributed by atoms with Crippen LogP contribution in [0.2, 0.25) is 0 Å². The lowest BCUT2D eigenvalue weighted by Crippen LogP contribution is -2.22. The van der Waals surface area contributed by atoms with Crippen LogP contribution in [0.3, 0.4) is 0 Å². The van der Waals surface area contributed by atoms with Gasteiger partial charge in [-0.1, -0.05) is 0 Å². The summed E-state index contributed by atoms with van der Waals surface area (Å²) in [6.45, 7) is 2.43. The minimum absolute atomic E-state index is 0.0714. The predicted octanol–water partition coefficient (Wildman–Crippen LogP) is 2.40. The number of aromatic hydroxyl groups is 2. The number of benzene rings is 1. The molecule has 94 valence electrons. The van der Waals surface area contributed by atoms with E-state index in [0.29, 0.717) is 6.54 Å². The molecule has 0 saturated carbocycles. The summed E-state index contributed by atoms with van der Waals surface area (Å²) in [5.74, 6) is -0.661. The third-order valence-electron chi connectivity index (χ3n) is 2.45. The molecular weight excluding hydrogens is 250 g/mol. The molecule has 0 saturated heterocycles. The zero-order chi connectivity index (χ0) is 13.1. The summed E-state index contributed by atoms with van der Waals surface area (Å²) in [5.41, 5.74) is 0.154. The third kappa shape index (κ3) is 2.81. The minimum atomic E-state index is -0.362. The molecule has 0 spiro atoms. The maximum atomic E-state index is 11.8. The second-order valence-electron chi connectivity index (χ2n) is 3.90. The van der Waals surface area contributed by atoms with Gasteiger partial charge in [-0.05, 0) is 31.2 Å². The van der Waals surface area contributed by atoms with Gasteiger partial charge in [0.05, 0.1) is 12.1 Å². The van der Waals surface area contributed by atoms with E-state index in [1.165, 1.54) is 17.0 Å². The topological polar surface area (TPSA) is 69.6 Å². The number of carbonyl (C=O) groups excluding carboxylic acids is 1. The van der Waals surface area contributed by atoms with Crippen LogP contribution < -0.4 is 5.32 Å². The number of carbonyl (C=O) groups is 1. The Morgan fingerprint density at radius 2 is 2.06 bits per heavy atom. The number of rotatable bonds is 3. The lowest BCUT2D eigenvalue weighted by Gasteiger charge is -2.06. The van der Waals surface area contributed by atoms with Crippen LogP contribution >= 0.6 is 11.3 Å². The second-order valence-corrected chi connectivity index (χ2v) is 5.27. The Balaban J connectivity index is 2.03. The molecule has 3 N–H and O–H groups in total. The smallest absolute Gasteiger partial charge is 0.255 e. The molecular formula is C13H13NO3S. The first kappa shape index (κ1) is 12.4. The molecule has 1 aromatic carbocycles. The predicted molar refractivity (Wildman–Crippen MR) is 70.0 cm³/mol. The number of hydrogen-bond acceptors (Lipinski definition) is 4. The van der Waals surface area contributed by atoms with Crippen molar-refractivity contribution in [3.63, 3.8) is 0 Å². The number of phenolic OH excluding ortho intramolecular Hbond substituents is 2. The van der Waals surface area contributed by atoms with Gasteiger partial charge < -0.3 is 15.5 Å². The molecule has 1 amide bonds. The van der Waals surface area contributed by atoms with Crippen molar-refractivity contribution in [3.8, 4) is 11.5 Å². The van der Waals surface area contributed by atoms with Crippen LogP contribution in [0.4, 0.5) is 0 Å². The van der Waals surface area contributed by atoms with Gasteiger partial charge in [0.1, 0.15) is 11.5 Å². The van der Waals surface area contributed by atoms with Crippen molar-refractivity contribution in [2.45, 2.75) is 13.5 Å². The van der Waals surface area contributed by atoms with Crippen molar-refractivity contribution >= 4 is 17.2 Å². The molecule has 0 atom stereocenters. The first-order valence-corrected chi connectivity index (χ1v) is 6.23. The fourth-order valence-corrected chi connectivity index (χ4v) is 2.38. The van der Waals surface area contributed by atoms with Gasteiger partial charge in [-0.25, -0.2) is 0 Å². The maximum Gasteiger partial charge on any atom is 0.255 e. The van der Waals surface area contributed by atoms with Gasteiger partial charge in [-0.2, -0.15) is 0 Å². The molecule has 4 nitrogen and oxygen atoms in total. The first-order chi connectivity index (χ1) is 8.56. The summed E-state index contributed by atoms with van der Waals surface area (Å²) >= 11 is 1.61. The van der Waals surface area contributed by atoms with Crippen LogP contribution in [0.25, 0.3) is 0 Å². The zero-order valence-corrected chi connectivity index (χ0v) is 10.6. The molecule has 0 aliphatic rings. The molecule has 0 bridgehead atoms. The molecule has 18 heavy (non-hydrogen) atoms. The summed E-state index contributed by atoms with van der Waals surface area (Å²) < 4.78 is 0. The maximum absolute atomic E-state index is 11.8. The number of thiophene rings is 1. The van der Waals surface area contributed by atoms with Gasteiger partial charge in [-0.15, -0.1) is 11.3 Å². The lowest BCUT2D eigenvalue weighted by atomic mass is 10.2. The fourth-order valence-electron chi connectivity index (χ4n) is 1.55. The number of nitrogens with one attached hydrogen (secondary N) is 1. The van der Waals surface area contributed by atoms with E-state index in [2.05, 4.69) is 5.32 Å². The molecule has 2 aromatic rings. The SMILES string of the molecule is Cc1ccc(CNC(=O)c2ccc(O)cc2O)s1. The van der Waals surface area contributed by atoms with E-state index in [1.54, 1.807) is 11.3 Å². The van der Waals surface area contributed by atoms with Crippen LogP contribution in [-0.2, 0) is 6.54 Å². The lowest BCUT2D eigenvalue weighted by molar-refractivity contribution is 0.0948. The molecule has 1 aromatic heterocycles. The van der Waals surface area contributed by atoms with Crippen molar-refractivity contribution < 1.29 is 15.0 Å². The summed E-state index contributed by atoms with van der Waals surface area (Å²) in [5, 5.41) is 21.4. The Labute approximate surface area is 109 Å². The van der Waals surface area contributed by atoms with E-state index in [1.807, 2.05) is 19.1 Å². The highest BCUT2D eigenvalue weighted by atomic mass is 32.1. The summed E-state index contributed by atoms with van der Waals surface area (Å²) in [6, 6.07) is 7.84. The number of amides is 1. The molecule has 0 unspecified atom stereocenters. The van der Waals surface area contributed by atoms with Crippen molar-refractivity contribution in [2.75, 3.05) is 0 Å². The monoisotopic (exact) mass is 263 g/mol. The molecule has 5 heteroatoms. The molecule has 0 radical (unpaired) electrons. The Morgan fingerprint density at radius 3 is 2.67 bits per heavy atom. The van der Waals surface area contributed by atoms with Gasteiger partial charge in [0.2, 0.25) is 0 Å². The number of aryl methyl sites for hydroxylation is 1. The largest absolute Gasteiger partial charge is 0.508 e. The van der Waals surface area contributed by atoms with Crippen LogP contribution in [0, 0.1) is 6.92 Å². The van der Waals surface area contributed by atoms with E-state index < -0.39 is 0 Å². The van der Waals surface area contributed by atoms with E-state index in [4.69, 9.17) is 5.11 Å². The summed E-state index contributed by atoms with van der Waals surface area (Å²) in [6.07, 6.45) is 0. The Bertz CT molecular complexity index is 577. The fraction of sp³-hybridized carbons (Fsp3) is 0.154. The van der Waals surface area contributed by atoms with Crippen molar-refractivity contribution in [1.29, 1.82) is 0 Å². The van der Waals surface area contributed by atoms with Crippen molar-refractivity contribution in [3.05, 3.63) is 45.6 Å². The van der Waals surface area contributed by atoms with E-state index >= 15 is 0 Å². The van der Waals surface area contributed by atoms with Crippen molar-refractivity contribution in [1.82, 2.24) is 5.32 Å². The summed E-state index contributed by atoms with van der Waals surface area (Å²) in [7, 11) is 0. The Morgan fingerprint density at radius 1 is 1.28 bits per heavy atom. The first-order valence-electron chi connectivity index (χ1n) is 5.42. The standard InChI is InChI=1S/C13H13NO3S/c1-8-2-4-10(18-8)7-14-13(17)11-5-3-9(15)6-12(11)16/h2-6,15-16H,7H2,1H3,(H,14,17). The van der Waals surface area contributed by atoms with Crippen molar-refractivity contribution in [2.24, 2.45) is 0 Å². The van der Waals surface area contributed by atoms with E-state index in [0.717, 1.165) is 10.9 Å². The molecule has 2 rings (SSSR count). The average Bonchev–Trinajstić information content (AvgIpc) is 2.72. The third-order valence-corrected chi connectivity index (χ3v) is 3.45. The van der Waals surface area contributed by atoms with Crippen LogP contribution in [0.15, 0.2) is 30.3 Å². The number of hydrogen-bond donors (Lipinski definition) is 3. The zero-order valence-electron chi connectivity index (χ0n) is 9.80. The molecule has 1 heterocycles.